The third-order valence-electron chi connectivity index (χ3n) is 11.5. The summed E-state index contributed by atoms with van der Waals surface area (Å²) in [5, 5.41) is 23.9. The van der Waals surface area contributed by atoms with Crippen molar-refractivity contribution in [3.8, 4) is 0 Å². The maximum Gasteiger partial charge on any atom is 0.258 e. The second-order valence-electron chi connectivity index (χ2n) is 13.7. The smallest absolute Gasteiger partial charge is 0.258 e. The van der Waals surface area contributed by atoms with Gasteiger partial charge in [-0.2, -0.15) is 0 Å². The first-order valence-electron chi connectivity index (χ1n) is 15.4. The minimum Gasteiger partial charge on any atom is -0.379 e. The molecule has 0 spiro atoms. The summed E-state index contributed by atoms with van der Waals surface area (Å²) in [6, 6.07) is 9.90. The summed E-state index contributed by atoms with van der Waals surface area (Å²) >= 11 is 1.33. The van der Waals surface area contributed by atoms with Gasteiger partial charge in [-0.1, -0.05) is 37.7 Å². The number of hydrogen-bond donors (Lipinski definition) is 3. The van der Waals surface area contributed by atoms with Crippen molar-refractivity contribution in [1.82, 2.24) is 9.97 Å². The third kappa shape index (κ3) is 4.33. The molecule has 8 atom stereocenters. The predicted octanol–water partition coefficient (Wildman–Crippen LogP) is 7.36. The fraction of sp³-hybridized carbons (Fsp3) is 0.500. The van der Waals surface area contributed by atoms with Gasteiger partial charge in [0.1, 0.15) is 21.8 Å². The summed E-state index contributed by atoms with van der Waals surface area (Å²) in [6.07, 6.45) is 10.2. The minimum absolute atomic E-state index is 0.0926. The zero-order valence-corrected chi connectivity index (χ0v) is 25.6. The van der Waals surface area contributed by atoms with Crippen LogP contribution in [0.4, 0.5) is 15.2 Å². The lowest BCUT2D eigenvalue weighted by molar-refractivity contribution is -0.166. The van der Waals surface area contributed by atoms with E-state index in [1.165, 1.54) is 35.3 Å². The molecule has 2 aromatic heterocycles. The zero-order chi connectivity index (χ0) is 30.1. The van der Waals surface area contributed by atoms with Crippen molar-refractivity contribution in [3.05, 3.63) is 60.1 Å². The Morgan fingerprint density at radius 1 is 1.21 bits per heavy atom. The topological polar surface area (TPSA) is 111 Å². The summed E-state index contributed by atoms with van der Waals surface area (Å²) in [5.74, 6) is 0.524. The number of nitrogens with zero attached hydrogens (tertiary/aromatic N) is 3. The molecule has 3 fully saturated rings. The number of aliphatic imine (C=N–C) groups is 1. The van der Waals surface area contributed by atoms with Crippen LogP contribution in [0.3, 0.4) is 0 Å². The van der Waals surface area contributed by atoms with Gasteiger partial charge in [0, 0.05) is 29.5 Å². The molecule has 9 heteroatoms. The lowest BCUT2D eigenvalue weighted by Crippen LogP contribution is -2.61. The van der Waals surface area contributed by atoms with Gasteiger partial charge in [-0.05, 0) is 110 Å². The summed E-state index contributed by atoms with van der Waals surface area (Å²) in [7, 11) is 0. The number of amides is 1. The van der Waals surface area contributed by atoms with Gasteiger partial charge in [0.2, 0.25) is 0 Å². The number of aromatic nitrogens is 2. The van der Waals surface area contributed by atoms with Gasteiger partial charge in [0.25, 0.3) is 5.91 Å². The van der Waals surface area contributed by atoms with E-state index < -0.39 is 11.0 Å². The maximum absolute atomic E-state index is 13.8. The number of benzene rings is 1. The highest BCUT2D eigenvalue weighted by Crippen LogP contribution is 2.69. The van der Waals surface area contributed by atoms with Gasteiger partial charge in [-0.25, -0.2) is 14.4 Å². The van der Waals surface area contributed by atoms with Crippen LogP contribution in [0.1, 0.15) is 59.3 Å². The van der Waals surface area contributed by atoms with E-state index in [-0.39, 0.29) is 34.9 Å². The predicted molar refractivity (Wildman–Crippen MR) is 168 cm³/mol. The Morgan fingerprint density at radius 3 is 2.74 bits per heavy atom. The number of carbonyl (C=O) groups is 1. The second-order valence-corrected chi connectivity index (χ2v) is 14.7. The molecule has 0 radical (unpaired) electrons. The number of carbonyl (C=O) groups excluding carboxylic acids is 1. The van der Waals surface area contributed by atoms with Gasteiger partial charge < -0.3 is 10.5 Å². The minimum atomic E-state index is -1.47. The van der Waals surface area contributed by atoms with Crippen molar-refractivity contribution < 1.29 is 14.3 Å². The molecule has 4 aliphatic rings. The van der Waals surface area contributed by atoms with Gasteiger partial charge >= 0.3 is 0 Å². The Hall–Kier alpha value is -3.30. The Balaban J connectivity index is 1.17. The highest BCUT2D eigenvalue weighted by Gasteiger charge is 2.68. The van der Waals surface area contributed by atoms with Crippen LogP contribution in [-0.2, 0) is 4.79 Å². The first-order valence-corrected chi connectivity index (χ1v) is 16.2. The van der Waals surface area contributed by atoms with Crippen molar-refractivity contribution in [2.45, 2.75) is 64.9 Å². The monoisotopic (exact) mass is 599 g/mol. The molecule has 1 amide bonds. The van der Waals surface area contributed by atoms with E-state index in [0.29, 0.717) is 29.1 Å². The Morgan fingerprint density at radius 2 is 2.00 bits per heavy atom. The summed E-state index contributed by atoms with van der Waals surface area (Å²) in [6.45, 7) is 6.80. The standard InChI is InChI=1S/C34H38FN5O2S/c1-19-16-33(3)25(12-13-34(33,42)30(41)40-31-39-26-5-4-14-37-29(26)43-31)24-11-6-21-15-27(38-23-9-7-22(35)8-10-23)20(18-36)17-32(21,2)28(19)24/h4-5,7-10,14-15,18-20,24-25,28,36,42H,6,11-13,16-17H2,1-3H3,(H,39,40,41). The number of fused-ring (bicyclic) bond motifs is 6. The SMILES string of the molecule is CC1CC2(C)C(CCC2(O)C(=O)Nc2nc3cccnc3s2)C2CCC3=CC(=Nc4ccc(F)cc4)C(C=N)CC3(C)C12. The fourth-order valence-corrected chi connectivity index (χ4v) is 10.5. The van der Waals surface area contributed by atoms with E-state index in [4.69, 9.17) is 10.4 Å². The second kappa shape index (κ2) is 10.1. The van der Waals surface area contributed by atoms with E-state index in [1.54, 1.807) is 18.3 Å². The Labute approximate surface area is 255 Å². The van der Waals surface area contributed by atoms with Crippen LogP contribution >= 0.6 is 11.3 Å². The number of nitrogens with one attached hydrogen (secondary N) is 2. The lowest BCUT2D eigenvalue weighted by atomic mass is 9.43. The van der Waals surface area contributed by atoms with Crippen molar-refractivity contribution in [3.63, 3.8) is 0 Å². The number of thiazole rings is 1. The summed E-state index contributed by atoms with van der Waals surface area (Å²) in [4.78, 5) is 28.3. The average Bonchev–Trinajstić information content (AvgIpc) is 3.51. The van der Waals surface area contributed by atoms with Crippen molar-refractivity contribution in [2.75, 3.05) is 5.32 Å². The molecular formula is C34H38FN5O2S. The molecule has 4 aliphatic carbocycles. The number of hydrogen-bond acceptors (Lipinski definition) is 7. The highest BCUT2D eigenvalue weighted by atomic mass is 32.1. The summed E-state index contributed by atoms with van der Waals surface area (Å²) < 4.78 is 13.5. The molecule has 8 unspecified atom stereocenters. The molecular weight excluding hydrogens is 561 g/mol. The lowest BCUT2D eigenvalue weighted by Gasteiger charge is -2.61. The highest BCUT2D eigenvalue weighted by molar-refractivity contribution is 7.21. The van der Waals surface area contributed by atoms with Crippen LogP contribution in [0.25, 0.3) is 10.3 Å². The van der Waals surface area contributed by atoms with E-state index in [1.807, 2.05) is 12.1 Å². The molecule has 1 aromatic carbocycles. The largest absolute Gasteiger partial charge is 0.379 e. The van der Waals surface area contributed by atoms with Crippen LogP contribution in [0.5, 0.6) is 0 Å². The van der Waals surface area contributed by atoms with E-state index >= 15 is 0 Å². The van der Waals surface area contributed by atoms with E-state index in [2.05, 4.69) is 42.1 Å². The van der Waals surface area contributed by atoms with E-state index in [0.717, 1.165) is 48.2 Å². The first kappa shape index (κ1) is 28.5. The van der Waals surface area contributed by atoms with Crippen LogP contribution < -0.4 is 5.32 Å². The zero-order valence-electron chi connectivity index (χ0n) is 24.8. The molecule has 2 heterocycles. The average molecular weight is 600 g/mol. The maximum atomic E-state index is 13.8. The quantitative estimate of drug-likeness (QED) is 0.272. The molecule has 3 saturated carbocycles. The molecule has 0 bridgehead atoms. The molecule has 7 rings (SSSR count). The number of rotatable bonds is 4. The number of aliphatic hydroxyl groups is 1. The normalized spacial score (nSPS) is 37.7. The molecule has 224 valence electrons. The van der Waals surface area contributed by atoms with Crippen molar-refractivity contribution in [1.29, 1.82) is 5.41 Å². The molecule has 43 heavy (non-hydrogen) atoms. The number of allylic oxidation sites excluding steroid dienone is 2. The number of halogens is 1. The van der Waals surface area contributed by atoms with E-state index in [9.17, 15) is 14.3 Å². The number of anilines is 1. The summed E-state index contributed by atoms with van der Waals surface area (Å²) in [5.41, 5.74) is 1.58. The van der Waals surface area contributed by atoms with Gasteiger partial charge in [0.05, 0.1) is 5.69 Å². The van der Waals surface area contributed by atoms with Crippen LogP contribution in [0.2, 0.25) is 0 Å². The van der Waals surface area contributed by atoms with Gasteiger partial charge in [0.15, 0.2) is 5.13 Å². The molecule has 0 saturated heterocycles. The number of pyridine rings is 1. The van der Waals surface area contributed by atoms with Crippen molar-refractivity contribution >= 4 is 50.3 Å². The Kier molecular flexibility index (Phi) is 6.70. The third-order valence-corrected chi connectivity index (χ3v) is 12.4. The van der Waals surface area contributed by atoms with Gasteiger partial charge in [-0.3, -0.25) is 15.1 Å². The molecule has 0 aliphatic heterocycles. The van der Waals surface area contributed by atoms with Crippen LogP contribution in [-0.4, -0.2) is 38.5 Å². The molecule has 7 nitrogen and oxygen atoms in total. The fourth-order valence-electron chi connectivity index (χ4n) is 9.73. The Bertz CT molecular complexity index is 1640. The first-order chi connectivity index (χ1) is 20.6. The molecule has 3 aromatic rings. The van der Waals surface area contributed by atoms with Crippen LogP contribution in [0, 0.1) is 51.6 Å². The molecule has 3 N–H and O–H groups in total. The van der Waals surface area contributed by atoms with Gasteiger partial charge in [-0.15, -0.1) is 0 Å². The van der Waals surface area contributed by atoms with Crippen molar-refractivity contribution in [2.24, 2.45) is 45.4 Å². The van der Waals surface area contributed by atoms with Crippen LogP contribution in [0.15, 0.2) is 59.2 Å².